The molecule has 194 valence electrons. The van der Waals surface area contributed by atoms with Crippen molar-refractivity contribution in [3.63, 3.8) is 0 Å². The topological polar surface area (TPSA) is 44.8 Å². The van der Waals surface area contributed by atoms with Gasteiger partial charge < -0.3 is 9.47 Å². The van der Waals surface area contributed by atoms with Gasteiger partial charge in [-0.3, -0.25) is 4.79 Å². The van der Waals surface area contributed by atoms with Crippen LogP contribution in [0.3, 0.4) is 0 Å². The molecule has 1 saturated heterocycles. The Kier molecular flexibility index (Phi) is 15.3. The Balaban J connectivity index is 2.06. The zero-order chi connectivity index (χ0) is 24.6. The van der Waals surface area contributed by atoms with Crippen LogP contribution in [0.1, 0.15) is 104 Å². The number of allylic oxidation sites excluding steroid dienone is 2. The maximum atomic E-state index is 12.9. The molecule has 4 nitrogen and oxygen atoms in total. The van der Waals surface area contributed by atoms with Crippen LogP contribution < -0.4 is 0 Å². The first-order valence-corrected chi connectivity index (χ1v) is 16.6. The minimum atomic E-state index is -0.866. The van der Waals surface area contributed by atoms with Gasteiger partial charge in [-0.25, -0.2) is 4.43 Å². The van der Waals surface area contributed by atoms with E-state index in [4.69, 9.17) is 13.9 Å². The van der Waals surface area contributed by atoms with E-state index < -0.39 is 9.04 Å². The Bertz CT molecular complexity index is 597. The Morgan fingerprint density at radius 3 is 2.56 bits per heavy atom. The molecule has 5 atom stereocenters. The second-order valence-electron chi connectivity index (χ2n) is 10.3. The Morgan fingerprint density at radius 1 is 1.06 bits per heavy atom. The summed E-state index contributed by atoms with van der Waals surface area (Å²) in [5, 5.41) is 0. The number of unbranched alkanes of at least 4 members (excludes halogenated alkanes) is 6. The average molecular weight is 492 g/mol. The number of carbonyl (C=O) groups is 1. The summed E-state index contributed by atoms with van der Waals surface area (Å²) in [4.78, 5) is 12.9. The van der Waals surface area contributed by atoms with E-state index in [9.17, 15) is 4.79 Å². The molecule has 1 aliphatic carbocycles. The standard InChI is InChI=1S/C29H51O4Si/c1-5-7-9-11-13-17-24(32-29-19-15-16-22-31-29)20-21-26-25(18-14-12-10-8-6-2)27(30)23-28(26)33-34(3)4/h12,14,20-21,24-26,28-29H,5-11,13,15-19,22-23H2,1-4H3/q+1/b14-12-,21-20+/t24-,25-,26-,28-,29?/m1/s1. The SMILES string of the molecule is CCCC/C=C\C[C@H]1C(=O)C[C@@H](O[Si+](C)C)[C@@H]1/C=C/[C@@H](CCCCCCC)OC1CCCCO1. The van der Waals surface area contributed by atoms with Crippen LogP contribution in [0.15, 0.2) is 24.3 Å². The minimum absolute atomic E-state index is 0.0119. The van der Waals surface area contributed by atoms with Crippen molar-refractivity contribution in [1.82, 2.24) is 0 Å². The molecule has 0 radical (unpaired) electrons. The van der Waals surface area contributed by atoms with Crippen LogP contribution in [0.5, 0.6) is 0 Å². The van der Waals surface area contributed by atoms with E-state index in [0.717, 1.165) is 38.7 Å². The van der Waals surface area contributed by atoms with E-state index in [2.05, 4.69) is 51.2 Å². The number of Topliss-reactive ketones (excluding diaryl/α,β-unsaturated/α-hetero) is 1. The maximum Gasteiger partial charge on any atom is 0.467 e. The first kappa shape index (κ1) is 29.5. The van der Waals surface area contributed by atoms with Crippen molar-refractivity contribution in [3.8, 4) is 0 Å². The van der Waals surface area contributed by atoms with Crippen molar-refractivity contribution in [2.24, 2.45) is 11.8 Å². The fourth-order valence-corrected chi connectivity index (χ4v) is 5.88. The van der Waals surface area contributed by atoms with Crippen LogP contribution in [-0.2, 0) is 18.7 Å². The highest BCUT2D eigenvalue weighted by Gasteiger charge is 2.44. The molecule has 0 aromatic heterocycles. The normalized spacial score (nSPS) is 26.6. The van der Waals surface area contributed by atoms with Gasteiger partial charge in [-0.15, -0.1) is 0 Å². The third kappa shape index (κ3) is 11.3. The Hall–Kier alpha value is -0.753. The molecule has 2 aliphatic rings. The van der Waals surface area contributed by atoms with Crippen LogP contribution in [0.2, 0.25) is 13.1 Å². The maximum absolute atomic E-state index is 12.9. The van der Waals surface area contributed by atoms with Crippen molar-refractivity contribution < 1.29 is 18.7 Å². The molecule has 1 heterocycles. The van der Waals surface area contributed by atoms with Gasteiger partial charge in [-0.1, -0.05) is 83.1 Å². The van der Waals surface area contributed by atoms with Gasteiger partial charge in [0.15, 0.2) is 6.29 Å². The Labute approximate surface area is 211 Å². The lowest BCUT2D eigenvalue weighted by Crippen LogP contribution is -2.28. The zero-order valence-electron chi connectivity index (χ0n) is 22.4. The number of carbonyl (C=O) groups excluding carboxylic acids is 1. The molecule has 1 aliphatic heterocycles. The third-order valence-electron chi connectivity index (χ3n) is 6.98. The molecule has 0 bridgehead atoms. The van der Waals surface area contributed by atoms with Gasteiger partial charge in [0.05, 0.1) is 19.2 Å². The summed E-state index contributed by atoms with van der Waals surface area (Å²) < 4.78 is 18.6. The summed E-state index contributed by atoms with van der Waals surface area (Å²) in [6, 6.07) is 0. The number of ketones is 1. The quantitative estimate of drug-likeness (QED) is 0.118. The molecule has 1 saturated carbocycles. The van der Waals surface area contributed by atoms with Gasteiger partial charge in [0, 0.05) is 24.9 Å². The van der Waals surface area contributed by atoms with Crippen LogP contribution in [-0.4, -0.2) is 39.9 Å². The molecule has 1 unspecified atom stereocenters. The van der Waals surface area contributed by atoms with Gasteiger partial charge >= 0.3 is 9.04 Å². The van der Waals surface area contributed by atoms with E-state index in [1.165, 1.54) is 51.4 Å². The van der Waals surface area contributed by atoms with Crippen LogP contribution in [0.4, 0.5) is 0 Å². The minimum Gasteiger partial charge on any atom is -0.353 e. The summed E-state index contributed by atoms with van der Waals surface area (Å²) in [7, 11) is -0.866. The summed E-state index contributed by atoms with van der Waals surface area (Å²) in [6.45, 7) is 9.60. The van der Waals surface area contributed by atoms with Crippen LogP contribution in [0, 0.1) is 11.8 Å². The van der Waals surface area contributed by atoms with Gasteiger partial charge in [-0.2, -0.15) is 0 Å². The van der Waals surface area contributed by atoms with E-state index in [0.29, 0.717) is 12.2 Å². The molecule has 34 heavy (non-hydrogen) atoms. The molecule has 2 fully saturated rings. The van der Waals surface area contributed by atoms with E-state index in [1.54, 1.807) is 0 Å². The predicted molar refractivity (Wildman–Crippen MR) is 143 cm³/mol. The number of ether oxygens (including phenoxy) is 2. The van der Waals surface area contributed by atoms with Gasteiger partial charge in [0.25, 0.3) is 0 Å². The zero-order valence-corrected chi connectivity index (χ0v) is 23.4. The van der Waals surface area contributed by atoms with E-state index >= 15 is 0 Å². The molecule has 5 heteroatoms. The van der Waals surface area contributed by atoms with Crippen molar-refractivity contribution in [2.45, 2.75) is 135 Å². The van der Waals surface area contributed by atoms with Gasteiger partial charge in [-0.05, 0) is 38.5 Å². The second kappa shape index (κ2) is 17.6. The predicted octanol–water partition coefficient (Wildman–Crippen LogP) is 7.79. The highest BCUT2D eigenvalue weighted by molar-refractivity contribution is 6.48. The van der Waals surface area contributed by atoms with Crippen LogP contribution >= 0.6 is 0 Å². The first-order valence-electron chi connectivity index (χ1n) is 14.1. The second-order valence-corrected chi connectivity index (χ2v) is 12.4. The number of hydrogen-bond acceptors (Lipinski definition) is 4. The van der Waals surface area contributed by atoms with Crippen molar-refractivity contribution in [1.29, 1.82) is 0 Å². The molecule has 0 N–H and O–H groups in total. The third-order valence-corrected chi connectivity index (χ3v) is 7.76. The van der Waals surface area contributed by atoms with Crippen LogP contribution in [0.25, 0.3) is 0 Å². The summed E-state index contributed by atoms with van der Waals surface area (Å²) in [5.74, 6) is 0.522. The summed E-state index contributed by atoms with van der Waals surface area (Å²) in [6.07, 6.45) is 24.4. The molecular weight excluding hydrogens is 440 g/mol. The molecule has 0 spiro atoms. The molecule has 0 aromatic carbocycles. The lowest BCUT2D eigenvalue weighted by atomic mass is 9.90. The lowest BCUT2D eigenvalue weighted by Gasteiger charge is -2.27. The largest absolute Gasteiger partial charge is 0.467 e. The highest BCUT2D eigenvalue weighted by atomic mass is 28.3. The molecule has 0 amide bonds. The first-order chi connectivity index (χ1) is 16.5. The summed E-state index contributed by atoms with van der Waals surface area (Å²) in [5.41, 5.74) is 0. The number of hydrogen-bond donors (Lipinski definition) is 0. The van der Waals surface area contributed by atoms with Crippen molar-refractivity contribution >= 4 is 14.8 Å². The van der Waals surface area contributed by atoms with Gasteiger partial charge in [0.1, 0.15) is 11.9 Å². The smallest absolute Gasteiger partial charge is 0.353 e. The molecule has 2 rings (SSSR count). The lowest BCUT2D eigenvalue weighted by molar-refractivity contribution is -0.179. The summed E-state index contributed by atoms with van der Waals surface area (Å²) >= 11 is 0. The monoisotopic (exact) mass is 491 g/mol. The highest BCUT2D eigenvalue weighted by Crippen LogP contribution is 2.36. The van der Waals surface area contributed by atoms with E-state index in [-0.39, 0.29) is 30.3 Å². The van der Waals surface area contributed by atoms with Gasteiger partial charge in [0.2, 0.25) is 0 Å². The molecule has 0 aromatic rings. The number of rotatable bonds is 17. The fourth-order valence-electron chi connectivity index (χ4n) is 5.04. The van der Waals surface area contributed by atoms with Crippen molar-refractivity contribution in [2.75, 3.05) is 6.61 Å². The molecular formula is C29H51O4Si+. The van der Waals surface area contributed by atoms with Crippen molar-refractivity contribution in [3.05, 3.63) is 24.3 Å². The van der Waals surface area contributed by atoms with E-state index in [1.807, 2.05) is 0 Å². The fraction of sp³-hybridized carbons (Fsp3) is 0.828. The average Bonchev–Trinajstić information content (AvgIpc) is 3.10. The Morgan fingerprint density at radius 2 is 1.85 bits per heavy atom.